The lowest BCUT2D eigenvalue weighted by Gasteiger charge is -2.39. The normalized spacial score (nSPS) is 17.8. The minimum atomic E-state index is -0.765. The number of carboxylic acids is 2. The lowest BCUT2D eigenvalue weighted by molar-refractivity contribution is -0.138. The van der Waals surface area contributed by atoms with Gasteiger partial charge in [0, 0.05) is 12.8 Å². The van der Waals surface area contributed by atoms with Crippen molar-refractivity contribution in [3.63, 3.8) is 0 Å². The standard InChI is InChI=1S/C14H26N2O4/c17-12(18)6-4-10-15-14(8-2-1-3-9-14)16-11-5-7-13(19)20/h15-16H,1-11H2,(H,17,18)(H,19,20). The highest BCUT2D eigenvalue weighted by atomic mass is 16.4. The molecule has 1 fully saturated rings. The average Bonchev–Trinajstić information content (AvgIpc) is 2.41. The van der Waals surface area contributed by atoms with E-state index in [0.29, 0.717) is 25.9 Å². The summed E-state index contributed by atoms with van der Waals surface area (Å²) in [7, 11) is 0. The minimum Gasteiger partial charge on any atom is -0.481 e. The van der Waals surface area contributed by atoms with Gasteiger partial charge in [-0.3, -0.25) is 20.2 Å². The molecular formula is C14H26N2O4. The van der Waals surface area contributed by atoms with E-state index < -0.39 is 11.9 Å². The molecule has 0 aliphatic heterocycles. The molecule has 0 radical (unpaired) electrons. The number of carbonyl (C=O) groups is 2. The van der Waals surface area contributed by atoms with Crippen molar-refractivity contribution >= 4 is 11.9 Å². The van der Waals surface area contributed by atoms with Crippen LogP contribution in [0.5, 0.6) is 0 Å². The van der Waals surface area contributed by atoms with Crippen molar-refractivity contribution in [1.82, 2.24) is 10.6 Å². The van der Waals surface area contributed by atoms with E-state index in [-0.39, 0.29) is 18.5 Å². The summed E-state index contributed by atoms with van der Waals surface area (Å²) in [4.78, 5) is 21.0. The summed E-state index contributed by atoms with van der Waals surface area (Å²) in [6, 6.07) is 0. The summed E-state index contributed by atoms with van der Waals surface area (Å²) in [5, 5.41) is 24.2. The fourth-order valence-electron chi connectivity index (χ4n) is 2.71. The second kappa shape index (κ2) is 8.92. The summed E-state index contributed by atoms with van der Waals surface area (Å²) >= 11 is 0. The highest BCUT2D eigenvalue weighted by Gasteiger charge is 2.30. The number of aliphatic carboxylic acids is 2. The predicted octanol–water partition coefficient (Wildman–Crippen LogP) is 1.56. The summed E-state index contributed by atoms with van der Waals surface area (Å²) in [6.45, 7) is 1.36. The van der Waals surface area contributed by atoms with Crippen molar-refractivity contribution < 1.29 is 19.8 Å². The molecule has 1 rings (SSSR count). The molecule has 6 heteroatoms. The van der Waals surface area contributed by atoms with Crippen LogP contribution >= 0.6 is 0 Å². The quantitative estimate of drug-likeness (QED) is 0.359. The Hall–Kier alpha value is -1.14. The van der Waals surface area contributed by atoms with Crippen LogP contribution in [-0.4, -0.2) is 40.9 Å². The summed E-state index contributed by atoms with van der Waals surface area (Å²) < 4.78 is 0. The molecule has 0 amide bonds. The lowest BCUT2D eigenvalue weighted by Crippen LogP contribution is -2.58. The van der Waals surface area contributed by atoms with Crippen molar-refractivity contribution in [3.05, 3.63) is 0 Å². The first-order valence-electron chi connectivity index (χ1n) is 7.48. The Balaban J connectivity index is 2.32. The van der Waals surface area contributed by atoms with Gasteiger partial charge >= 0.3 is 11.9 Å². The fraction of sp³-hybridized carbons (Fsp3) is 0.857. The van der Waals surface area contributed by atoms with Gasteiger partial charge in [-0.05, 0) is 38.8 Å². The van der Waals surface area contributed by atoms with Crippen molar-refractivity contribution in [2.75, 3.05) is 13.1 Å². The van der Waals surface area contributed by atoms with E-state index in [1.165, 1.54) is 6.42 Å². The predicted molar refractivity (Wildman–Crippen MR) is 75.6 cm³/mol. The SMILES string of the molecule is O=C(O)CCCNC1(NCCCC(=O)O)CCCCC1. The van der Waals surface area contributed by atoms with E-state index in [2.05, 4.69) is 10.6 Å². The maximum atomic E-state index is 10.5. The molecule has 0 unspecified atom stereocenters. The monoisotopic (exact) mass is 286 g/mol. The van der Waals surface area contributed by atoms with Gasteiger partial charge in [-0.15, -0.1) is 0 Å². The molecule has 0 aromatic carbocycles. The Morgan fingerprint density at radius 2 is 1.30 bits per heavy atom. The molecular weight excluding hydrogens is 260 g/mol. The number of rotatable bonds is 10. The van der Waals surface area contributed by atoms with Crippen LogP contribution in [0.1, 0.15) is 57.8 Å². The van der Waals surface area contributed by atoms with E-state index in [0.717, 1.165) is 25.7 Å². The molecule has 0 aromatic rings. The summed E-state index contributed by atoms with van der Waals surface area (Å²) in [5.74, 6) is -1.53. The van der Waals surface area contributed by atoms with Crippen LogP contribution in [0, 0.1) is 0 Å². The zero-order chi connectivity index (χ0) is 14.8. The second-order valence-corrected chi connectivity index (χ2v) is 5.49. The van der Waals surface area contributed by atoms with Crippen molar-refractivity contribution in [3.8, 4) is 0 Å². The van der Waals surface area contributed by atoms with Gasteiger partial charge in [0.05, 0.1) is 5.66 Å². The maximum Gasteiger partial charge on any atom is 0.303 e. The third kappa shape index (κ3) is 6.86. The molecule has 1 saturated carbocycles. The maximum absolute atomic E-state index is 10.5. The van der Waals surface area contributed by atoms with E-state index in [9.17, 15) is 9.59 Å². The summed E-state index contributed by atoms with van der Waals surface area (Å²) in [6.07, 6.45) is 7.18. The molecule has 4 N–H and O–H groups in total. The van der Waals surface area contributed by atoms with Gasteiger partial charge in [-0.1, -0.05) is 19.3 Å². The van der Waals surface area contributed by atoms with Crippen LogP contribution in [0.4, 0.5) is 0 Å². The van der Waals surface area contributed by atoms with Crippen LogP contribution in [-0.2, 0) is 9.59 Å². The van der Waals surface area contributed by atoms with Crippen LogP contribution in [0.25, 0.3) is 0 Å². The lowest BCUT2D eigenvalue weighted by atomic mass is 9.88. The molecule has 1 aliphatic rings. The highest BCUT2D eigenvalue weighted by molar-refractivity contribution is 5.66. The van der Waals surface area contributed by atoms with E-state index >= 15 is 0 Å². The Kier molecular flexibility index (Phi) is 7.54. The Bertz CT molecular complexity index is 290. The minimum absolute atomic E-state index is 0.130. The van der Waals surface area contributed by atoms with Gasteiger partial charge in [0.1, 0.15) is 0 Å². The molecule has 1 aliphatic carbocycles. The average molecular weight is 286 g/mol. The Labute approximate surface area is 119 Å². The smallest absolute Gasteiger partial charge is 0.303 e. The van der Waals surface area contributed by atoms with Crippen LogP contribution in [0.3, 0.4) is 0 Å². The topological polar surface area (TPSA) is 98.7 Å². The number of carboxylic acid groups (broad SMARTS) is 2. The zero-order valence-corrected chi connectivity index (χ0v) is 12.0. The third-order valence-corrected chi connectivity index (χ3v) is 3.77. The van der Waals surface area contributed by atoms with Crippen LogP contribution < -0.4 is 10.6 Å². The highest BCUT2D eigenvalue weighted by Crippen LogP contribution is 2.26. The first-order chi connectivity index (χ1) is 9.54. The van der Waals surface area contributed by atoms with Gasteiger partial charge in [0.15, 0.2) is 0 Å². The summed E-state index contributed by atoms with van der Waals surface area (Å²) in [5.41, 5.74) is -0.130. The molecule has 116 valence electrons. The molecule has 20 heavy (non-hydrogen) atoms. The number of hydrogen-bond donors (Lipinski definition) is 4. The van der Waals surface area contributed by atoms with Crippen molar-refractivity contribution in [1.29, 1.82) is 0 Å². The molecule has 0 bridgehead atoms. The van der Waals surface area contributed by atoms with Crippen molar-refractivity contribution in [2.24, 2.45) is 0 Å². The molecule has 6 nitrogen and oxygen atoms in total. The first kappa shape index (κ1) is 16.9. The van der Waals surface area contributed by atoms with Gasteiger partial charge in [-0.2, -0.15) is 0 Å². The van der Waals surface area contributed by atoms with E-state index in [1.54, 1.807) is 0 Å². The molecule has 0 aromatic heterocycles. The van der Waals surface area contributed by atoms with Crippen molar-refractivity contribution in [2.45, 2.75) is 63.5 Å². The zero-order valence-electron chi connectivity index (χ0n) is 12.0. The fourth-order valence-corrected chi connectivity index (χ4v) is 2.71. The van der Waals surface area contributed by atoms with Crippen LogP contribution in [0.15, 0.2) is 0 Å². The molecule has 0 saturated heterocycles. The van der Waals surface area contributed by atoms with Gasteiger partial charge in [-0.25, -0.2) is 0 Å². The van der Waals surface area contributed by atoms with Gasteiger partial charge in [0.2, 0.25) is 0 Å². The van der Waals surface area contributed by atoms with Crippen LogP contribution in [0.2, 0.25) is 0 Å². The first-order valence-corrected chi connectivity index (χ1v) is 7.48. The third-order valence-electron chi connectivity index (χ3n) is 3.77. The Morgan fingerprint density at radius 1 is 0.850 bits per heavy atom. The molecule has 0 atom stereocenters. The molecule has 0 heterocycles. The van der Waals surface area contributed by atoms with Gasteiger partial charge in [0.25, 0.3) is 0 Å². The van der Waals surface area contributed by atoms with Gasteiger partial charge < -0.3 is 10.2 Å². The largest absolute Gasteiger partial charge is 0.481 e. The Morgan fingerprint density at radius 3 is 1.70 bits per heavy atom. The number of hydrogen-bond acceptors (Lipinski definition) is 4. The second-order valence-electron chi connectivity index (χ2n) is 5.49. The van der Waals surface area contributed by atoms with E-state index in [4.69, 9.17) is 10.2 Å². The molecule has 0 spiro atoms. The van der Waals surface area contributed by atoms with E-state index in [1.807, 2.05) is 0 Å². The number of nitrogens with one attached hydrogen (secondary N) is 2.